The van der Waals surface area contributed by atoms with Gasteiger partial charge in [0.25, 0.3) is 0 Å². The maximum absolute atomic E-state index is 6.47. The summed E-state index contributed by atoms with van der Waals surface area (Å²) in [5, 5.41) is 0. The summed E-state index contributed by atoms with van der Waals surface area (Å²) in [6.07, 6.45) is 0. The molecule has 0 aromatic heterocycles. The fourth-order valence-corrected chi connectivity index (χ4v) is 16.1. The highest BCUT2D eigenvalue weighted by molar-refractivity contribution is 6.84. The lowest BCUT2D eigenvalue weighted by atomic mass is 10.00. The molecule has 0 N–H and O–H groups in total. The number of hydrogen-bond donors (Lipinski definition) is 0. The molecule has 4 heteroatoms. The highest BCUT2D eigenvalue weighted by atomic mass is 28.4. The minimum Gasteiger partial charge on any atom is -0.456 e. The molecule has 0 aliphatic carbocycles. The summed E-state index contributed by atoms with van der Waals surface area (Å²) in [6, 6.07) is 2.71. The highest BCUT2D eigenvalue weighted by Gasteiger charge is 2.37. The molecule has 0 saturated carbocycles. The second kappa shape index (κ2) is 5.31. The van der Waals surface area contributed by atoms with Gasteiger partial charge in [0.15, 0.2) is 16.6 Å². The van der Waals surface area contributed by atoms with Crippen LogP contribution in [0.25, 0.3) is 0 Å². The Kier molecular flexibility index (Phi) is 5.50. The second-order valence-corrected chi connectivity index (χ2v) is 23.4. The van der Waals surface area contributed by atoms with Crippen molar-refractivity contribution in [3.63, 3.8) is 0 Å². The molecule has 104 valence electrons. The average molecular weight is 291 g/mol. The fourth-order valence-electron chi connectivity index (χ4n) is 3.52. The van der Waals surface area contributed by atoms with E-state index < -0.39 is 24.7 Å². The maximum atomic E-state index is 6.47. The van der Waals surface area contributed by atoms with Gasteiger partial charge >= 0.3 is 0 Å². The first-order valence-electron chi connectivity index (χ1n) is 6.82. The zero-order chi connectivity index (χ0) is 14.1. The number of hydrogen-bond acceptors (Lipinski definition) is 1. The number of rotatable bonds is 6. The Balaban J connectivity index is 4.59. The third kappa shape index (κ3) is 10.2. The van der Waals surface area contributed by atoms with Crippen molar-refractivity contribution >= 4 is 24.7 Å². The minimum absolute atomic E-state index is 0.458. The first-order chi connectivity index (χ1) is 7.12. The Morgan fingerprint density at radius 1 is 0.765 bits per heavy atom. The summed E-state index contributed by atoms with van der Waals surface area (Å²) < 4.78 is 6.47. The highest BCUT2D eigenvalue weighted by Crippen LogP contribution is 2.37. The van der Waals surface area contributed by atoms with E-state index in [0.29, 0.717) is 5.41 Å². The van der Waals surface area contributed by atoms with Gasteiger partial charge in [0.05, 0.1) is 0 Å². The van der Waals surface area contributed by atoms with Gasteiger partial charge in [-0.05, 0) is 44.2 Å². The Bertz CT molecular complexity index is 220. The van der Waals surface area contributed by atoms with Crippen LogP contribution >= 0.6 is 0 Å². The van der Waals surface area contributed by atoms with Crippen LogP contribution in [0, 0.1) is 5.41 Å². The van der Waals surface area contributed by atoms with Gasteiger partial charge in [-0.1, -0.05) is 39.5 Å². The SMILES string of the molecule is CC(C)(C[Si](C)(C)C)C[Si](C)(C)O[Si](C)(C)C. The molecule has 0 rings (SSSR count). The lowest BCUT2D eigenvalue weighted by Gasteiger charge is -2.40. The van der Waals surface area contributed by atoms with Crippen LogP contribution in [-0.4, -0.2) is 24.7 Å². The fraction of sp³-hybridized carbons (Fsp3) is 1.00. The van der Waals surface area contributed by atoms with Gasteiger partial charge in [-0.3, -0.25) is 0 Å². The van der Waals surface area contributed by atoms with Crippen molar-refractivity contribution in [2.24, 2.45) is 5.41 Å². The quantitative estimate of drug-likeness (QED) is 0.595. The lowest BCUT2D eigenvalue weighted by molar-refractivity contribution is 0.422. The van der Waals surface area contributed by atoms with Crippen LogP contribution in [0.3, 0.4) is 0 Å². The Labute approximate surface area is 113 Å². The monoisotopic (exact) mass is 290 g/mol. The van der Waals surface area contributed by atoms with Crippen molar-refractivity contribution in [2.75, 3.05) is 0 Å². The van der Waals surface area contributed by atoms with E-state index in [1.807, 2.05) is 0 Å². The average Bonchev–Trinajstić information content (AvgIpc) is 1.65. The topological polar surface area (TPSA) is 9.23 Å². The van der Waals surface area contributed by atoms with Crippen LogP contribution in [0.15, 0.2) is 0 Å². The van der Waals surface area contributed by atoms with Crippen LogP contribution in [0.5, 0.6) is 0 Å². The van der Waals surface area contributed by atoms with Crippen LogP contribution in [0.1, 0.15) is 13.8 Å². The van der Waals surface area contributed by atoms with Crippen molar-refractivity contribution in [2.45, 2.75) is 78.3 Å². The maximum Gasteiger partial charge on any atom is 0.173 e. The standard InChI is InChI=1S/C13H34OSi3/c1-13(2,11-15(3,4)5)12-17(9,10)14-16(6,7)8/h11-12H2,1-10H3. The van der Waals surface area contributed by atoms with E-state index in [1.165, 1.54) is 12.1 Å². The van der Waals surface area contributed by atoms with Gasteiger partial charge in [0, 0.05) is 8.07 Å². The molecule has 0 atom stereocenters. The summed E-state index contributed by atoms with van der Waals surface area (Å²) in [7, 11) is -3.84. The summed E-state index contributed by atoms with van der Waals surface area (Å²) in [5.41, 5.74) is 0.458. The smallest absolute Gasteiger partial charge is 0.173 e. The molecular weight excluding hydrogens is 256 g/mol. The normalized spacial score (nSPS) is 15.2. The first kappa shape index (κ1) is 17.6. The molecule has 0 unspecified atom stereocenters. The molecule has 0 fully saturated rings. The van der Waals surface area contributed by atoms with Gasteiger partial charge in [0.1, 0.15) is 0 Å². The van der Waals surface area contributed by atoms with E-state index in [4.69, 9.17) is 4.12 Å². The molecule has 17 heavy (non-hydrogen) atoms. The molecular formula is C13H34OSi3. The summed E-state index contributed by atoms with van der Waals surface area (Å²) in [4.78, 5) is 0. The zero-order valence-electron chi connectivity index (χ0n) is 13.8. The minimum atomic E-state index is -1.49. The van der Waals surface area contributed by atoms with Gasteiger partial charge in [-0.15, -0.1) is 0 Å². The van der Waals surface area contributed by atoms with E-state index in [0.717, 1.165) is 0 Å². The lowest BCUT2D eigenvalue weighted by Crippen LogP contribution is -2.45. The van der Waals surface area contributed by atoms with E-state index in [2.05, 4.69) is 66.2 Å². The van der Waals surface area contributed by atoms with Gasteiger partial charge in [-0.25, -0.2) is 0 Å². The van der Waals surface area contributed by atoms with E-state index in [1.54, 1.807) is 0 Å². The molecule has 0 aromatic rings. The Hall–Kier alpha value is 0.611. The van der Waals surface area contributed by atoms with Crippen molar-refractivity contribution < 1.29 is 4.12 Å². The summed E-state index contributed by atoms with van der Waals surface area (Å²) in [5.74, 6) is 0. The van der Waals surface area contributed by atoms with E-state index in [-0.39, 0.29) is 0 Å². The Morgan fingerprint density at radius 2 is 1.18 bits per heavy atom. The Morgan fingerprint density at radius 3 is 1.47 bits per heavy atom. The molecule has 0 spiro atoms. The van der Waals surface area contributed by atoms with Crippen molar-refractivity contribution in [3.05, 3.63) is 0 Å². The largest absolute Gasteiger partial charge is 0.456 e. The van der Waals surface area contributed by atoms with E-state index in [9.17, 15) is 0 Å². The molecule has 0 aliphatic heterocycles. The van der Waals surface area contributed by atoms with Crippen LogP contribution in [-0.2, 0) is 4.12 Å². The second-order valence-electron chi connectivity index (χ2n) is 9.05. The third-order valence-corrected chi connectivity index (χ3v) is 11.0. The molecule has 0 saturated heterocycles. The van der Waals surface area contributed by atoms with Crippen LogP contribution in [0.2, 0.25) is 64.5 Å². The summed E-state index contributed by atoms with van der Waals surface area (Å²) in [6.45, 7) is 24.0. The van der Waals surface area contributed by atoms with Crippen LogP contribution in [0.4, 0.5) is 0 Å². The molecule has 0 aromatic carbocycles. The van der Waals surface area contributed by atoms with Crippen molar-refractivity contribution in [3.8, 4) is 0 Å². The zero-order valence-corrected chi connectivity index (χ0v) is 16.8. The van der Waals surface area contributed by atoms with Crippen molar-refractivity contribution in [1.82, 2.24) is 0 Å². The molecule has 0 bridgehead atoms. The molecule has 0 heterocycles. The first-order valence-corrected chi connectivity index (χ1v) is 17.1. The van der Waals surface area contributed by atoms with Gasteiger partial charge in [0.2, 0.25) is 0 Å². The predicted octanol–water partition coefficient (Wildman–Crippen LogP) is 5.41. The molecule has 0 amide bonds. The third-order valence-electron chi connectivity index (χ3n) is 2.50. The molecule has 1 nitrogen and oxygen atoms in total. The molecule has 0 aliphatic rings. The summed E-state index contributed by atoms with van der Waals surface area (Å²) >= 11 is 0. The van der Waals surface area contributed by atoms with Gasteiger partial charge in [-0.2, -0.15) is 0 Å². The van der Waals surface area contributed by atoms with Crippen LogP contribution < -0.4 is 0 Å². The van der Waals surface area contributed by atoms with Crippen molar-refractivity contribution in [1.29, 1.82) is 0 Å². The molecule has 0 radical (unpaired) electrons. The van der Waals surface area contributed by atoms with Gasteiger partial charge < -0.3 is 4.12 Å². The van der Waals surface area contributed by atoms with E-state index >= 15 is 0 Å². The predicted molar refractivity (Wildman–Crippen MR) is 88.7 cm³/mol.